The maximum absolute atomic E-state index is 12.7. The van der Waals surface area contributed by atoms with Crippen molar-refractivity contribution >= 4 is 32.8 Å². The smallest absolute Gasteiger partial charge is 0.257 e. The molecule has 4 heteroatoms. The van der Waals surface area contributed by atoms with E-state index in [1.807, 2.05) is 29.2 Å². The topological polar surface area (TPSA) is 33.5 Å². The zero-order chi connectivity index (χ0) is 13.2. The van der Waals surface area contributed by atoms with Crippen molar-refractivity contribution in [3.63, 3.8) is 0 Å². The van der Waals surface area contributed by atoms with Crippen molar-refractivity contribution in [3.8, 4) is 0 Å². The standard InChI is InChI=1S/C15H16BrNO2/c16-8-7-11-4-3-9-17(11)15(18)13-10-19-14-6-2-1-5-12(13)14/h1-2,5-6,10-11H,3-4,7-9H2. The second-order valence-electron chi connectivity index (χ2n) is 4.92. The minimum Gasteiger partial charge on any atom is -0.463 e. The lowest BCUT2D eigenvalue weighted by Crippen LogP contribution is -2.35. The first kappa shape index (κ1) is 12.7. The van der Waals surface area contributed by atoms with Crippen LogP contribution in [-0.4, -0.2) is 28.7 Å². The largest absolute Gasteiger partial charge is 0.463 e. The molecule has 2 heterocycles. The van der Waals surface area contributed by atoms with Gasteiger partial charge >= 0.3 is 0 Å². The van der Waals surface area contributed by atoms with Crippen molar-refractivity contribution in [2.24, 2.45) is 0 Å². The Bertz CT molecular complexity index is 593. The lowest BCUT2D eigenvalue weighted by atomic mass is 10.1. The molecule has 0 aliphatic carbocycles. The summed E-state index contributed by atoms with van der Waals surface area (Å²) >= 11 is 3.47. The van der Waals surface area contributed by atoms with Crippen LogP contribution in [0.4, 0.5) is 0 Å². The summed E-state index contributed by atoms with van der Waals surface area (Å²) in [5, 5.41) is 1.85. The fourth-order valence-electron chi connectivity index (χ4n) is 2.83. The molecule has 3 nitrogen and oxygen atoms in total. The minimum atomic E-state index is 0.105. The number of hydrogen-bond donors (Lipinski definition) is 0. The number of likely N-dealkylation sites (tertiary alicyclic amines) is 1. The number of fused-ring (bicyclic) bond motifs is 1. The van der Waals surface area contributed by atoms with Gasteiger partial charge in [0.05, 0.1) is 5.56 Å². The quantitative estimate of drug-likeness (QED) is 0.805. The number of hydrogen-bond acceptors (Lipinski definition) is 2. The van der Waals surface area contributed by atoms with Gasteiger partial charge in [-0.25, -0.2) is 0 Å². The van der Waals surface area contributed by atoms with Crippen molar-refractivity contribution in [2.75, 3.05) is 11.9 Å². The Kier molecular flexibility index (Phi) is 3.60. The van der Waals surface area contributed by atoms with Crippen molar-refractivity contribution < 1.29 is 9.21 Å². The van der Waals surface area contributed by atoms with Gasteiger partial charge in [0.15, 0.2) is 0 Å². The maximum Gasteiger partial charge on any atom is 0.257 e. The summed E-state index contributed by atoms with van der Waals surface area (Å²) in [7, 11) is 0. The van der Waals surface area contributed by atoms with Crippen LogP contribution in [0.5, 0.6) is 0 Å². The first-order chi connectivity index (χ1) is 9.31. The molecular formula is C15H16BrNO2. The Morgan fingerprint density at radius 2 is 2.26 bits per heavy atom. The van der Waals surface area contributed by atoms with E-state index in [1.54, 1.807) is 6.26 Å². The summed E-state index contributed by atoms with van der Waals surface area (Å²) in [6, 6.07) is 8.06. The molecule has 1 amide bonds. The molecule has 0 spiro atoms. The number of benzene rings is 1. The Balaban J connectivity index is 1.91. The first-order valence-electron chi connectivity index (χ1n) is 6.64. The Morgan fingerprint density at radius 3 is 3.11 bits per heavy atom. The van der Waals surface area contributed by atoms with Crippen LogP contribution in [0.3, 0.4) is 0 Å². The monoisotopic (exact) mass is 321 g/mol. The zero-order valence-corrected chi connectivity index (χ0v) is 12.2. The molecule has 1 unspecified atom stereocenters. The molecule has 1 saturated heterocycles. The van der Waals surface area contributed by atoms with Gasteiger partial charge in [-0.3, -0.25) is 4.79 Å². The van der Waals surface area contributed by atoms with Gasteiger partial charge < -0.3 is 9.32 Å². The van der Waals surface area contributed by atoms with E-state index in [-0.39, 0.29) is 5.91 Å². The average Bonchev–Trinajstić information content (AvgIpc) is 3.04. The van der Waals surface area contributed by atoms with Gasteiger partial charge in [0.2, 0.25) is 0 Å². The molecule has 2 aromatic rings. The molecular weight excluding hydrogens is 306 g/mol. The van der Waals surface area contributed by atoms with Crippen LogP contribution in [0.1, 0.15) is 29.6 Å². The molecule has 0 radical (unpaired) electrons. The van der Waals surface area contributed by atoms with E-state index in [1.165, 1.54) is 0 Å². The fourth-order valence-corrected chi connectivity index (χ4v) is 3.36. The zero-order valence-electron chi connectivity index (χ0n) is 10.6. The van der Waals surface area contributed by atoms with Gasteiger partial charge in [-0.05, 0) is 25.3 Å². The van der Waals surface area contributed by atoms with Crippen LogP contribution in [-0.2, 0) is 0 Å². The summed E-state index contributed by atoms with van der Waals surface area (Å²) in [5.41, 5.74) is 1.47. The van der Waals surface area contributed by atoms with Gasteiger partial charge in [-0.15, -0.1) is 0 Å². The maximum atomic E-state index is 12.7. The highest BCUT2D eigenvalue weighted by atomic mass is 79.9. The van der Waals surface area contributed by atoms with Crippen molar-refractivity contribution in [2.45, 2.75) is 25.3 Å². The molecule has 1 aromatic heterocycles. The molecule has 19 heavy (non-hydrogen) atoms. The second-order valence-corrected chi connectivity index (χ2v) is 5.71. The summed E-state index contributed by atoms with van der Waals surface area (Å²) in [4.78, 5) is 14.7. The number of rotatable bonds is 3. The average molecular weight is 322 g/mol. The molecule has 0 N–H and O–H groups in total. The third kappa shape index (κ3) is 2.29. The fraction of sp³-hybridized carbons (Fsp3) is 0.400. The highest BCUT2D eigenvalue weighted by Crippen LogP contribution is 2.27. The highest BCUT2D eigenvalue weighted by Gasteiger charge is 2.30. The molecule has 1 atom stereocenters. The lowest BCUT2D eigenvalue weighted by molar-refractivity contribution is 0.0735. The van der Waals surface area contributed by atoms with Crippen LogP contribution >= 0.6 is 15.9 Å². The molecule has 1 fully saturated rings. The van der Waals surface area contributed by atoms with Crippen LogP contribution in [0, 0.1) is 0 Å². The number of furan rings is 1. The predicted molar refractivity (Wildman–Crippen MR) is 78.7 cm³/mol. The Hall–Kier alpha value is -1.29. The predicted octanol–water partition coefficient (Wildman–Crippen LogP) is 3.82. The molecule has 0 saturated carbocycles. The summed E-state index contributed by atoms with van der Waals surface area (Å²) < 4.78 is 5.47. The molecule has 3 rings (SSSR count). The molecule has 100 valence electrons. The van der Waals surface area contributed by atoms with Crippen LogP contribution in [0.2, 0.25) is 0 Å². The summed E-state index contributed by atoms with van der Waals surface area (Å²) in [6.45, 7) is 0.857. The number of alkyl halides is 1. The molecule has 0 bridgehead atoms. The molecule has 1 aliphatic heterocycles. The van der Waals surface area contributed by atoms with Crippen molar-refractivity contribution in [3.05, 3.63) is 36.1 Å². The van der Waals surface area contributed by atoms with E-state index in [2.05, 4.69) is 15.9 Å². The molecule has 1 aromatic carbocycles. The SMILES string of the molecule is O=C(c1coc2ccccc12)N1CCCC1CCBr. The lowest BCUT2D eigenvalue weighted by Gasteiger charge is -2.23. The van der Waals surface area contributed by atoms with E-state index in [0.29, 0.717) is 11.6 Å². The van der Waals surface area contributed by atoms with E-state index < -0.39 is 0 Å². The number of nitrogens with zero attached hydrogens (tertiary/aromatic N) is 1. The van der Waals surface area contributed by atoms with Gasteiger partial charge in [0.25, 0.3) is 5.91 Å². The number of halogens is 1. The Morgan fingerprint density at radius 1 is 1.42 bits per heavy atom. The van der Waals surface area contributed by atoms with Gasteiger partial charge in [-0.1, -0.05) is 34.1 Å². The molecule has 1 aliphatic rings. The van der Waals surface area contributed by atoms with E-state index in [9.17, 15) is 4.79 Å². The highest BCUT2D eigenvalue weighted by molar-refractivity contribution is 9.09. The van der Waals surface area contributed by atoms with E-state index >= 15 is 0 Å². The normalized spacial score (nSPS) is 19.2. The minimum absolute atomic E-state index is 0.105. The van der Waals surface area contributed by atoms with Crippen molar-refractivity contribution in [1.82, 2.24) is 4.90 Å². The number of para-hydroxylation sites is 1. The first-order valence-corrected chi connectivity index (χ1v) is 7.76. The van der Waals surface area contributed by atoms with E-state index in [0.717, 1.165) is 42.1 Å². The van der Waals surface area contributed by atoms with Crippen LogP contribution in [0.25, 0.3) is 11.0 Å². The van der Waals surface area contributed by atoms with Gasteiger partial charge in [-0.2, -0.15) is 0 Å². The van der Waals surface area contributed by atoms with Crippen LogP contribution in [0.15, 0.2) is 34.9 Å². The third-order valence-corrected chi connectivity index (χ3v) is 4.25. The number of carbonyl (C=O) groups is 1. The summed E-state index contributed by atoms with van der Waals surface area (Å²) in [6.07, 6.45) is 4.81. The van der Waals surface area contributed by atoms with Crippen LogP contribution < -0.4 is 0 Å². The second kappa shape index (κ2) is 5.37. The van der Waals surface area contributed by atoms with Gasteiger partial charge in [0.1, 0.15) is 11.8 Å². The Labute approximate surface area is 120 Å². The van der Waals surface area contributed by atoms with E-state index in [4.69, 9.17) is 4.42 Å². The third-order valence-electron chi connectivity index (χ3n) is 3.79. The number of amides is 1. The number of carbonyl (C=O) groups excluding carboxylic acids is 1. The van der Waals surface area contributed by atoms with Gasteiger partial charge in [0, 0.05) is 23.3 Å². The summed E-state index contributed by atoms with van der Waals surface area (Å²) in [5.74, 6) is 0.105. The van der Waals surface area contributed by atoms with Crippen molar-refractivity contribution in [1.29, 1.82) is 0 Å².